The lowest BCUT2D eigenvalue weighted by atomic mass is 9.96. The molecule has 0 aliphatic carbocycles. The predicted molar refractivity (Wildman–Crippen MR) is 158 cm³/mol. The molecule has 0 radical (unpaired) electrons. The topological polar surface area (TPSA) is 166 Å². The van der Waals surface area contributed by atoms with Crippen LogP contribution in [-0.2, 0) is 20.9 Å². The number of nitrogens with two attached hydrogens (primary N) is 1. The van der Waals surface area contributed by atoms with Gasteiger partial charge in [0.15, 0.2) is 5.84 Å². The largest absolute Gasteiger partial charge is 0.490 e. The molecule has 3 rings (SSSR count). The van der Waals surface area contributed by atoms with E-state index in [9.17, 15) is 33.1 Å². The summed E-state index contributed by atoms with van der Waals surface area (Å²) in [5.74, 6) is -4.25. The SMILES string of the molecule is CCCCC(=O)N(Cc1ccc(-c2cc(-c3ccccc3)ccc2C(N)=NO)nc1)C(C(=O)O)C(C)C.O=C(O)C(F)(F)F. The highest BCUT2D eigenvalue weighted by Crippen LogP contribution is 2.29. The zero-order valence-electron chi connectivity index (χ0n) is 24.5. The average Bonchev–Trinajstić information content (AvgIpc) is 2.99. The first-order valence-electron chi connectivity index (χ1n) is 13.7. The Hall–Kier alpha value is -4.94. The third kappa shape index (κ3) is 9.82. The van der Waals surface area contributed by atoms with E-state index < -0.39 is 24.2 Å². The van der Waals surface area contributed by atoms with Crippen LogP contribution in [0.4, 0.5) is 13.2 Å². The minimum absolute atomic E-state index is 0.0329. The lowest BCUT2D eigenvalue weighted by Gasteiger charge is -2.31. The Bertz CT molecular complexity index is 1450. The smallest absolute Gasteiger partial charge is 0.480 e. The van der Waals surface area contributed by atoms with Crippen LogP contribution in [0.3, 0.4) is 0 Å². The molecule has 0 aliphatic rings. The van der Waals surface area contributed by atoms with Crippen LogP contribution in [0, 0.1) is 5.92 Å². The molecule has 3 aromatic rings. The highest BCUT2D eigenvalue weighted by atomic mass is 19.4. The summed E-state index contributed by atoms with van der Waals surface area (Å²) in [7, 11) is 0. The van der Waals surface area contributed by atoms with Gasteiger partial charge in [0, 0.05) is 30.3 Å². The van der Waals surface area contributed by atoms with Crippen molar-refractivity contribution in [3.05, 3.63) is 78.0 Å². The van der Waals surface area contributed by atoms with E-state index in [-0.39, 0.29) is 24.2 Å². The molecular weight excluding hydrogens is 581 g/mol. The van der Waals surface area contributed by atoms with Gasteiger partial charge >= 0.3 is 18.1 Å². The van der Waals surface area contributed by atoms with Gasteiger partial charge in [-0.2, -0.15) is 13.2 Å². The van der Waals surface area contributed by atoms with E-state index >= 15 is 0 Å². The summed E-state index contributed by atoms with van der Waals surface area (Å²) in [6, 6.07) is 18.2. The number of nitrogens with zero attached hydrogens (tertiary/aromatic N) is 3. The molecule has 0 spiro atoms. The quantitative estimate of drug-likeness (QED) is 0.0912. The lowest BCUT2D eigenvalue weighted by Crippen LogP contribution is -2.47. The summed E-state index contributed by atoms with van der Waals surface area (Å²) >= 11 is 0. The van der Waals surface area contributed by atoms with Crippen LogP contribution in [0.25, 0.3) is 22.4 Å². The molecule has 1 heterocycles. The summed E-state index contributed by atoms with van der Waals surface area (Å²) in [6.45, 7) is 5.73. The Balaban J connectivity index is 0.000000860. The van der Waals surface area contributed by atoms with Crippen LogP contribution in [-0.4, -0.2) is 61.2 Å². The molecule has 0 saturated heterocycles. The molecule has 10 nitrogen and oxygen atoms in total. The van der Waals surface area contributed by atoms with E-state index in [0.29, 0.717) is 35.2 Å². The first kappa shape index (κ1) is 35.3. The number of oxime groups is 1. The molecule has 236 valence electrons. The van der Waals surface area contributed by atoms with E-state index in [4.69, 9.17) is 15.6 Å². The van der Waals surface area contributed by atoms with Gasteiger partial charge in [0.2, 0.25) is 5.91 Å². The van der Waals surface area contributed by atoms with Gasteiger partial charge in [-0.05, 0) is 47.2 Å². The van der Waals surface area contributed by atoms with Gasteiger partial charge in [0.25, 0.3) is 0 Å². The van der Waals surface area contributed by atoms with Crippen molar-refractivity contribution in [3.63, 3.8) is 0 Å². The van der Waals surface area contributed by atoms with Crippen LogP contribution >= 0.6 is 0 Å². The summed E-state index contributed by atoms with van der Waals surface area (Å²) < 4.78 is 31.7. The number of halogens is 3. The number of carboxylic acids is 2. The van der Waals surface area contributed by atoms with Gasteiger partial charge in [-0.15, -0.1) is 0 Å². The molecule has 1 aromatic heterocycles. The van der Waals surface area contributed by atoms with Crippen molar-refractivity contribution in [2.24, 2.45) is 16.8 Å². The van der Waals surface area contributed by atoms with E-state index in [1.807, 2.05) is 55.5 Å². The standard InChI is InChI=1S/C29H34N4O4.C2HF3O2/c1-4-5-11-26(34)33(27(19(2)3)29(35)36)18-20-12-15-25(31-17-20)24-16-22(21-9-7-6-8-10-21)13-14-23(24)28(30)32-37;3-2(4,5)1(6)7/h6-10,12-17,19,27,37H,4-5,11,18H2,1-3H3,(H2,30,32)(H,35,36);(H,6,7). The molecule has 0 bridgehead atoms. The van der Waals surface area contributed by atoms with E-state index in [2.05, 4.69) is 10.1 Å². The lowest BCUT2D eigenvalue weighted by molar-refractivity contribution is -0.192. The van der Waals surface area contributed by atoms with Crippen LogP contribution in [0.5, 0.6) is 0 Å². The number of carboxylic acid groups (broad SMARTS) is 2. The van der Waals surface area contributed by atoms with Crippen LogP contribution in [0.15, 0.2) is 72.0 Å². The minimum atomic E-state index is -5.08. The molecule has 1 atom stereocenters. The number of aromatic nitrogens is 1. The molecule has 1 amide bonds. The number of alkyl halides is 3. The zero-order chi connectivity index (χ0) is 33.0. The number of carbonyl (C=O) groups excluding carboxylic acids is 1. The van der Waals surface area contributed by atoms with E-state index in [1.165, 1.54) is 4.90 Å². The monoisotopic (exact) mass is 616 g/mol. The molecular formula is C31H35F3N4O6. The second-order valence-corrected chi connectivity index (χ2v) is 10.1. The second kappa shape index (κ2) is 16.1. The van der Waals surface area contributed by atoms with Crippen molar-refractivity contribution in [2.45, 2.75) is 58.8 Å². The molecule has 2 aromatic carbocycles. The summed E-state index contributed by atoms with van der Waals surface area (Å²) in [6.07, 6.45) is -1.60. The van der Waals surface area contributed by atoms with Gasteiger partial charge in [-0.3, -0.25) is 9.78 Å². The Morgan fingerprint density at radius 3 is 2.11 bits per heavy atom. The highest BCUT2D eigenvalue weighted by molar-refractivity contribution is 6.03. The number of unbranched alkanes of at least 4 members (excludes halogenated alkanes) is 1. The second-order valence-electron chi connectivity index (χ2n) is 10.1. The summed E-state index contributed by atoms with van der Waals surface area (Å²) in [4.78, 5) is 39.9. The third-order valence-electron chi connectivity index (χ3n) is 6.49. The van der Waals surface area contributed by atoms with Crippen LogP contribution in [0.2, 0.25) is 0 Å². The Kier molecular flexibility index (Phi) is 12.9. The molecule has 44 heavy (non-hydrogen) atoms. The fourth-order valence-electron chi connectivity index (χ4n) is 4.31. The molecule has 5 N–H and O–H groups in total. The highest BCUT2D eigenvalue weighted by Gasteiger charge is 2.38. The predicted octanol–water partition coefficient (Wildman–Crippen LogP) is 5.77. The fourth-order valence-corrected chi connectivity index (χ4v) is 4.31. The van der Waals surface area contributed by atoms with Gasteiger partial charge in [0.1, 0.15) is 6.04 Å². The van der Waals surface area contributed by atoms with E-state index in [1.54, 1.807) is 32.2 Å². The van der Waals surface area contributed by atoms with Crippen molar-refractivity contribution in [1.82, 2.24) is 9.88 Å². The normalized spacial score (nSPS) is 12.2. The van der Waals surface area contributed by atoms with Crippen molar-refractivity contribution < 1.29 is 43.0 Å². The zero-order valence-corrected chi connectivity index (χ0v) is 24.5. The number of benzene rings is 2. The van der Waals surface area contributed by atoms with E-state index in [0.717, 1.165) is 17.5 Å². The molecule has 0 fully saturated rings. The number of amides is 1. The van der Waals surface area contributed by atoms with Crippen LogP contribution < -0.4 is 5.73 Å². The fraction of sp³-hybridized carbons (Fsp3) is 0.323. The van der Waals surface area contributed by atoms with Crippen molar-refractivity contribution >= 4 is 23.7 Å². The first-order chi connectivity index (χ1) is 20.7. The van der Waals surface area contributed by atoms with Crippen molar-refractivity contribution in [3.8, 4) is 22.4 Å². The average molecular weight is 617 g/mol. The van der Waals surface area contributed by atoms with Gasteiger partial charge in [-0.1, -0.05) is 74.8 Å². The number of rotatable bonds is 11. The number of amidine groups is 1. The van der Waals surface area contributed by atoms with Gasteiger partial charge in [0.05, 0.1) is 5.69 Å². The maximum atomic E-state index is 13.0. The minimum Gasteiger partial charge on any atom is -0.480 e. The molecule has 0 saturated carbocycles. The van der Waals surface area contributed by atoms with Gasteiger partial charge in [-0.25, -0.2) is 9.59 Å². The molecule has 1 unspecified atom stereocenters. The molecule has 0 aliphatic heterocycles. The van der Waals surface area contributed by atoms with Crippen molar-refractivity contribution in [2.75, 3.05) is 0 Å². The number of hydrogen-bond donors (Lipinski definition) is 4. The summed E-state index contributed by atoms with van der Waals surface area (Å²) in [5.41, 5.74) is 10.4. The Morgan fingerprint density at radius 1 is 1.00 bits per heavy atom. The third-order valence-corrected chi connectivity index (χ3v) is 6.49. The van der Waals surface area contributed by atoms with Crippen LogP contribution in [0.1, 0.15) is 51.2 Å². The number of pyridine rings is 1. The first-order valence-corrected chi connectivity index (χ1v) is 13.7. The Morgan fingerprint density at radius 2 is 1.64 bits per heavy atom. The Labute approximate surface area is 252 Å². The maximum absolute atomic E-state index is 13.0. The maximum Gasteiger partial charge on any atom is 0.490 e. The van der Waals surface area contributed by atoms with Gasteiger partial charge < -0.3 is 26.1 Å². The summed E-state index contributed by atoms with van der Waals surface area (Å²) in [5, 5.41) is 29.4. The number of hydrogen-bond acceptors (Lipinski definition) is 6. The molecule has 13 heteroatoms. The number of aliphatic carboxylic acids is 2. The number of carbonyl (C=O) groups is 3. The van der Waals surface area contributed by atoms with Crippen molar-refractivity contribution in [1.29, 1.82) is 0 Å².